The summed E-state index contributed by atoms with van der Waals surface area (Å²) < 4.78 is 0. The Balaban J connectivity index is 1.79. The highest BCUT2D eigenvalue weighted by Gasteiger charge is 2.46. The monoisotopic (exact) mass is 430 g/mol. The molecule has 0 bridgehead atoms. The van der Waals surface area contributed by atoms with Crippen LogP contribution in [0.25, 0.3) is 10.8 Å². The molecule has 1 aliphatic rings. The van der Waals surface area contributed by atoms with Crippen LogP contribution in [0.5, 0.6) is 0 Å². The summed E-state index contributed by atoms with van der Waals surface area (Å²) in [5.41, 5.74) is 2.11. The Labute approximate surface area is 191 Å². The van der Waals surface area contributed by atoms with E-state index in [1.165, 1.54) is 5.56 Å². The van der Waals surface area contributed by atoms with Crippen molar-refractivity contribution < 1.29 is 9.90 Å². The van der Waals surface area contributed by atoms with E-state index in [1.54, 1.807) is 4.90 Å². The fourth-order valence-corrected chi connectivity index (χ4v) is 5.65. The van der Waals surface area contributed by atoms with E-state index in [0.717, 1.165) is 29.4 Å². The Morgan fingerprint density at radius 2 is 1.62 bits per heavy atom. The molecule has 2 N–H and O–H groups in total. The number of rotatable bonds is 5. The van der Waals surface area contributed by atoms with Crippen LogP contribution in [0.4, 0.5) is 4.79 Å². The summed E-state index contributed by atoms with van der Waals surface area (Å²) in [6.07, 6.45) is -0.857. The van der Waals surface area contributed by atoms with E-state index in [1.807, 2.05) is 31.2 Å². The molecule has 0 radical (unpaired) electrons. The van der Waals surface area contributed by atoms with Gasteiger partial charge in [0, 0.05) is 31.0 Å². The number of amides is 1. The van der Waals surface area contributed by atoms with Crippen LogP contribution in [0.1, 0.15) is 50.8 Å². The van der Waals surface area contributed by atoms with Crippen molar-refractivity contribution in [1.29, 1.82) is 0 Å². The summed E-state index contributed by atoms with van der Waals surface area (Å²) in [4.78, 5) is 14.6. The van der Waals surface area contributed by atoms with Gasteiger partial charge < -0.3 is 10.4 Å². The Kier molecular flexibility index (Phi) is 6.25. The van der Waals surface area contributed by atoms with Crippen molar-refractivity contribution >= 4 is 16.9 Å². The van der Waals surface area contributed by atoms with E-state index < -0.39 is 6.09 Å². The molecule has 4 atom stereocenters. The van der Waals surface area contributed by atoms with Gasteiger partial charge in [-0.3, -0.25) is 4.90 Å². The fraction of sp³-hybridized carbons (Fsp3) is 0.393. The minimum absolute atomic E-state index is 0.144. The number of carboxylic acid groups (broad SMARTS) is 1. The van der Waals surface area contributed by atoms with Gasteiger partial charge in [0.25, 0.3) is 0 Å². The predicted octanol–water partition coefficient (Wildman–Crippen LogP) is 6.30. The lowest BCUT2D eigenvalue weighted by Crippen LogP contribution is -2.53. The molecule has 3 unspecified atom stereocenters. The molecule has 1 amide bonds. The maximum absolute atomic E-state index is 12.8. The van der Waals surface area contributed by atoms with Gasteiger partial charge in [0.15, 0.2) is 0 Å². The van der Waals surface area contributed by atoms with E-state index in [9.17, 15) is 9.90 Å². The molecule has 168 valence electrons. The van der Waals surface area contributed by atoms with Crippen LogP contribution in [-0.4, -0.2) is 35.2 Å². The van der Waals surface area contributed by atoms with Crippen molar-refractivity contribution in [2.24, 2.45) is 11.3 Å². The van der Waals surface area contributed by atoms with E-state index in [-0.39, 0.29) is 29.3 Å². The van der Waals surface area contributed by atoms with E-state index in [0.29, 0.717) is 0 Å². The maximum atomic E-state index is 12.8. The average Bonchev–Trinajstić information content (AvgIpc) is 3.25. The Bertz CT molecular complexity index is 1070. The smallest absolute Gasteiger partial charge is 0.408 e. The van der Waals surface area contributed by atoms with Gasteiger partial charge in [0.05, 0.1) is 6.04 Å². The number of fused-ring (bicyclic) bond motifs is 1. The quantitative estimate of drug-likeness (QED) is 0.499. The van der Waals surface area contributed by atoms with E-state index in [2.05, 4.69) is 74.6 Å². The Hall–Kier alpha value is -2.85. The van der Waals surface area contributed by atoms with Crippen molar-refractivity contribution in [3.05, 3.63) is 83.9 Å². The lowest BCUT2D eigenvalue weighted by atomic mass is 9.72. The molecule has 0 saturated carbocycles. The van der Waals surface area contributed by atoms with Gasteiger partial charge in [-0.15, -0.1) is 0 Å². The second kappa shape index (κ2) is 8.95. The SMILES string of the molecule is C[C@H](c1cccc2ccccc12)N(C(=O)O)C(C1CNCC1c1ccccc1)C(C)(C)C. The zero-order valence-corrected chi connectivity index (χ0v) is 19.5. The van der Waals surface area contributed by atoms with Crippen LogP contribution < -0.4 is 5.32 Å². The first-order valence-corrected chi connectivity index (χ1v) is 11.5. The number of carbonyl (C=O) groups is 1. The molecular weight excluding hydrogens is 396 g/mol. The standard InChI is InChI=1S/C28H34N2O2/c1-19(22-16-10-14-20-13-8-9-15-23(20)22)30(27(31)32)26(28(2,3)4)25-18-29-17-24(25)21-11-6-5-7-12-21/h5-16,19,24-26,29H,17-18H2,1-4H3,(H,31,32)/t19-,24?,25?,26?/m1/s1. The third kappa shape index (κ3) is 4.24. The lowest BCUT2D eigenvalue weighted by molar-refractivity contribution is 0.0280. The molecule has 32 heavy (non-hydrogen) atoms. The van der Waals surface area contributed by atoms with Crippen LogP contribution >= 0.6 is 0 Å². The van der Waals surface area contributed by atoms with Crippen molar-refractivity contribution in [1.82, 2.24) is 10.2 Å². The first kappa shape index (κ1) is 22.3. The summed E-state index contributed by atoms with van der Waals surface area (Å²) in [5.74, 6) is 0.466. The number of benzene rings is 3. The second-order valence-electron chi connectivity index (χ2n) is 10.1. The van der Waals surface area contributed by atoms with Crippen LogP contribution in [0, 0.1) is 11.3 Å². The zero-order chi connectivity index (χ0) is 22.9. The minimum Gasteiger partial charge on any atom is -0.465 e. The third-order valence-electron chi connectivity index (χ3n) is 6.99. The Morgan fingerprint density at radius 1 is 0.969 bits per heavy atom. The maximum Gasteiger partial charge on any atom is 0.408 e. The molecule has 1 fully saturated rings. The number of hydrogen-bond acceptors (Lipinski definition) is 2. The van der Waals surface area contributed by atoms with Gasteiger partial charge in [0.2, 0.25) is 0 Å². The largest absolute Gasteiger partial charge is 0.465 e. The molecule has 3 aromatic carbocycles. The van der Waals surface area contributed by atoms with Gasteiger partial charge >= 0.3 is 6.09 Å². The molecule has 1 heterocycles. The van der Waals surface area contributed by atoms with Crippen LogP contribution in [-0.2, 0) is 0 Å². The first-order valence-electron chi connectivity index (χ1n) is 11.5. The molecule has 1 aliphatic heterocycles. The molecule has 3 aromatic rings. The first-order chi connectivity index (χ1) is 15.3. The number of nitrogens with one attached hydrogen (secondary N) is 1. The van der Waals surface area contributed by atoms with Crippen LogP contribution in [0.2, 0.25) is 0 Å². The summed E-state index contributed by atoms with van der Waals surface area (Å²) >= 11 is 0. The van der Waals surface area contributed by atoms with E-state index >= 15 is 0 Å². The molecule has 0 aromatic heterocycles. The van der Waals surface area contributed by atoms with Gasteiger partial charge in [-0.1, -0.05) is 93.6 Å². The third-order valence-corrected chi connectivity index (χ3v) is 6.99. The molecule has 0 spiro atoms. The van der Waals surface area contributed by atoms with Crippen molar-refractivity contribution in [2.75, 3.05) is 13.1 Å². The highest BCUT2D eigenvalue weighted by atomic mass is 16.4. The predicted molar refractivity (Wildman–Crippen MR) is 131 cm³/mol. The van der Waals surface area contributed by atoms with Gasteiger partial charge in [-0.05, 0) is 34.2 Å². The Morgan fingerprint density at radius 3 is 2.31 bits per heavy atom. The normalized spacial score (nSPS) is 20.8. The lowest BCUT2D eigenvalue weighted by Gasteiger charge is -2.46. The molecule has 0 aliphatic carbocycles. The van der Waals surface area contributed by atoms with Crippen molar-refractivity contribution in [3.8, 4) is 0 Å². The molecule has 4 rings (SSSR count). The number of nitrogens with zero attached hydrogens (tertiary/aromatic N) is 1. The van der Waals surface area contributed by atoms with E-state index in [4.69, 9.17) is 0 Å². The molecule has 4 nitrogen and oxygen atoms in total. The summed E-state index contributed by atoms with van der Waals surface area (Å²) in [7, 11) is 0. The zero-order valence-electron chi connectivity index (χ0n) is 19.5. The highest BCUT2D eigenvalue weighted by molar-refractivity contribution is 5.86. The van der Waals surface area contributed by atoms with Crippen molar-refractivity contribution in [2.45, 2.75) is 45.7 Å². The molecule has 4 heteroatoms. The topological polar surface area (TPSA) is 52.6 Å². The molecular formula is C28H34N2O2. The summed E-state index contributed by atoms with van der Waals surface area (Å²) in [5, 5.41) is 16.3. The summed E-state index contributed by atoms with van der Waals surface area (Å²) in [6, 6.07) is 24.5. The summed E-state index contributed by atoms with van der Waals surface area (Å²) in [6.45, 7) is 10.2. The van der Waals surface area contributed by atoms with Crippen molar-refractivity contribution in [3.63, 3.8) is 0 Å². The van der Waals surface area contributed by atoms with Crippen LogP contribution in [0.3, 0.4) is 0 Å². The fourth-order valence-electron chi connectivity index (χ4n) is 5.65. The van der Waals surface area contributed by atoms with Crippen LogP contribution in [0.15, 0.2) is 72.8 Å². The second-order valence-corrected chi connectivity index (χ2v) is 10.1. The van der Waals surface area contributed by atoms with Gasteiger partial charge in [-0.25, -0.2) is 4.79 Å². The molecule has 1 saturated heterocycles. The van der Waals surface area contributed by atoms with Gasteiger partial charge in [-0.2, -0.15) is 0 Å². The van der Waals surface area contributed by atoms with Gasteiger partial charge in [0.1, 0.15) is 0 Å². The highest BCUT2D eigenvalue weighted by Crippen LogP contribution is 2.43. The average molecular weight is 431 g/mol. The number of hydrogen-bond donors (Lipinski definition) is 2. The minimum atomic E-state index is -0.857.